The molecule has 0 aliphatic heterocycles. The molecule has 0 radical (unpaired) electrons. The Bertz CT molecular complexity index is 795. The fraction of sp³-hybridized carbons (Fsp3) is 0.440. The van der Waals surface area contributed by atoms with Gasteiger partial charge < -0.3 is 10.2 Å². The summed E-state index contributed by atoms with van der Waals surface area (Å²) < 4.78 is 0. The van der Waals surface area contributed by atoms with Crippen molar-refractivity contribution in [3.8, 4) is 0 Å². The lowest BCUT2D eigenvalue weighted by Gasteiger charge is -2.31. The van der Waals surface area contributed by atoms with Crippen molar-refractivity contribution >= 4 is 11.8 Å². The number of amides is 2. The van der Waals surface area contributed by atoms with Gasteiger partial charge in [-0.3, -0.25) is 9.59 Å². The second-order valence-electron chi connectivity index (χ2n) is 8.19. The van der Waals surface area contributed by atoms with Crippen LogP contribution in [-0.4, -0.2) is 28.8 Å². The predicted molar refractivity (Wildman–Crippen MR) is 116 cm³/mol. The molecule has 1 aliphatic rings. The number of carbonyl (C=O) groups excluding carboxylic acids is 2. The van der Waals surface area contributed by atoms with Crippen LogP contribution in [0.2, 0.25) is 0 Å². The molecule has 1 atom stereocenters. The highest BCUT2D eigenvalue weighted by atomic mass is 16.2. The predicted octanol–water partition coefficient (Wildman–Crippen LogP) is 4.40. The van der Waals surface area contributed by atoms with E-state index in [9.17, 15) is 9.59 Å². The van der Waals surface area contributed by atoms with Crippen LogP contribution in [-0.2, 0) is 22.6 Å². The Morgan fingerprint density at radius 2 is 1.62 bits per heavy atom. The minimum Gasteiger partial charge on any atom is -0.352 e. The van der Waals surface area contributed by atoms with Gasteiger partial charge in [-0.25, -0.2) is 0 Å². The van der Waals surface area contributed by atoms with Crippen LogP contribution < -0.4 is 5.32 Å². The van der Waals surface area contributed by atoms with E-state index in [0.29, 0.717) is 13.0 Å². The van der Waals surface area contributed by atoms with Gasteiger partial charge >= 0.3 is 0 Å². The van der Waals surface area contributed by atoms with Crippen molar-refractivity contribution in [2.75, 3.05) is 0 Å². The fourth-order valence-corrected chi connectivity index (χ4v) is 3.91. The minimum atomic E-state index is -0.505. The van der Waals surface area contributed by atoms with Gasteiger partial charge in [0.25, 0.3) is 0 Å². The normalized spacial score (nSPS) is 15.5. The highest BCUT2D eigenvalue weighted by Crippen LogP contribution is 2.18. The lowest BCUT2D eigenvalue weighted by molar-refractivity contribution is -0.140. The molecule has 29 heavy (non-hydrogen) atoms. The third-order valence-electron chi connectivity index (χ3n) is 5.79. The Balaban J connectivity index is 1.72. The monoisotopic (exact) mass is 392 g/mol. The molecule has 3 rings (SSSR count). The molecule has 1 unspecified atom stereocenters. The lowest BCUT2D eigenvalue weighted by atomic mass is 9.95. The second-order valence-corrected chi connectivity index (χ2v) is 8.19. The summed E-state index contributed by atoms with van der Waals surface area (Å²) in [5, 5.41) is 3.18. The standard InChI is InChI=1S/C25H32N2O2/c1-19-13-15-21(16-14-19)17-24(28)27(18-22-9-5-3-6-10-22)20(2)25(29)26-23-11-7-4-8-12-23/h3,5-6,9-10,13-16,20,23H,4,7-8,11-12,17-18H2,1-2H3,(H,26,29). The average Bonchev–Trinajstić information content (AvgIpc) is 2.74. The summed E-state index contributed by atoms with van der Waals surface area (Å²) in [6.45, 7) is 4.31. The molecule has 154 valence electrons. The van der Waals surface area contributed by atoms with Crippen LogP contribution in [0.25, 0.3) is 0 Å². The summed E-state index contributed by atoms with van der Waals surface area (Å²) in [5.74, 6) is -0.0749. The first-order valence-electron chi connectivity index (χ1n) is 10.7. The molecule has 1 fully saturated rings. The van der Waals surface area contributed by atoms with Crippen LogP contribution in [0.5, 0.6) is 0 Å². The van der Waals surface area contributed by atoms with E-state index >= 15 is 0 Å². The minimum absolute atomic E-state index is 0.0241. The van der Waals surface area contributed by atoms with Crippen molar-refractivity contribution < 1.29 is 9.59 Å². The van der Waals surface area contributed by atoms with Crippen molar-refractivity contribution in [2.45, 2.75) is 71.0 Å². The van der Waals surface area contributed by atoms with Gasteiger partial charge in [0.2, 0.25) is 11.8 Å². The molecule has 0 aromatic heterocycles. The van der Waals surface area contributed by atoms with Crippen molar-refractivity contribution in [3.63, 3.8) is 0 Å². The van der Waals surface area contributed by atoms with Gasteiger partial charge in [0.05, 0.1) is 6.42 Å². The quantitative estimate of drug-likeness (QED) is 0.759. The first-order valence-corrected chi connectivity index (χ1v) is 10.7. The van der Waals surface area contributed by atoms with E-state index in [-0.39, 0.29) is 17.9 Å². The maximum absolute atomic E-state index is 13.2. The number of rotatable bonds is 7. The van der Waals surface area contributed by atoms with Crippen molar-refractivity contribution in [3.05, 3.63) is 71.3 Å². The van der Waals surface area contributed by atoms with E-state index < -0.39 is 6.04 Å². The Labute approximate surface area is 174 Å². The number of benzene rings is 2. The molecule has 1 N–H and O–H groups in total. The summed E-state index contributed by atoms with van der Waals surface area (Å²) in [6.07, 6.45) is 5.95. The van der Waals surface area contributed by atoms with Crippen molar-refractivity contribution in [2.24, 2.45) is 0 Å². The molecule has 2 aromatic rings. The van der Waals surface area contributed by atoms with Crippen LogP contribution in [0.3, 0.4) is 0 Å². The third kappa shape index (κ3) is 6.18. The summed E-state index contributed by atoms with van der Waals surface area (Å²) in [4.78, 5) is 27.8. The highest BCUT2D eigenvalue weighted by Gasteiger charge is 2.28. The first-order chi connectivity index (χ1) is 14.0. The molecular weight excluding hydrogens is 360 g/mol. The number of aryl methyl sites for hydroxylation is 1. The molecule has 1 saturated carbocycles. The van der Waals surface area contributed by atoms with Crippen molar-refractivity contribution in [1.29, 1.82) is 0 Å². The molecule has 1 aliphatic carbocycles. The van der Waals surface area contributed by atoms with Gasteiger partial charge in [0.15, 0.2) is 0 Å². The van der Waals surface area contributed by atoms with Gasteiger partial charge in [-0.2, -0.15) is 0 Å². The van der Waals surface area contributed by atoms with E-state index in [4.69, 9.17) is 0 Å². The zero-order chi connectivity index (χ0) is 20.6. The molecule has 4 nitrogen and oxygen atoms in total. The van der Waals surface area contributed by atoms with Gasteiger partial charge in [0.1, 0.15) is 6.04 Å². The topological polar surface area (TPSA) is 49.4 Å². The van der Waals surface area contributed by atoms with Gasteiger partial charge in [-0.15, -0.1) is 0 Å². The molecule has 2 aromatic carbocycles. The maximum atomic E-state index is 13.2. The van der Waals surface area contributed by atoms with E-state index in [1.54, 1.807) is 4.90 Å². The summed E-state index contributed by atoms with van der Waals surface area (Å²) in [6, 6.07) is 17.6. The molecule has 2 amide bonds. The molecular formula is C25H32N2O2. The van der Waals surface area contributed by atoms with E-state index in [0.717, 1.165) is 24.0 Å². The third-order valence-corrected chi connectivity index (χ3v) is 5.79. The molecule has 0 heterocycles. The fourth-order valence-electron chi connectivity index (χ4n) is 3.91. The summed E-state index contributed by atoms with van der Waals surface area (Å²) in [7, 11) is 0. The van der Waals surface area contributed by atoms with E-state index in [2.05, 4.69) is 5.32 Å². The van der Waals surface area contributed by atoms with Gasteiger partial charge in [-0.1, -0.05) is 79.4 Å². The summed E-state index contributed by atoms with van der Waals surface area (Å²) in [5.41, 5.74) is 3.17. The van der Waals surface area contributed by atoms with E-state index in [1.807, 2.05) is 68.4 Å². The van der Waals surface area contributed by atoms with Crippen LogP contribution in [0, 0.1) is 6.92 Å². The Hall–Kier alpha value is -2.62. The first kappa shape index (κ1) is 21.1. The van der Waals surface area contributed by atoms with Crippen molar-refractivity contribution in [1.82, 2.24) is 10.2 Å². The van der Waals surface area contributed by atoms with Crippen LogP contribution in [0.1, 0.15) is 55.7 Å². The van der Waals surface area contributed by atoms with E-state index in [1.165, 1.54) is 24.8 Å². The Kier molecular flexibility index (Phi) is 7.45. The SMILES string of the molecule is Cc1ccc(CC(=O)N(Cc2ccccc2)C(C)C(=O)NC2CCCCC2)cc1. The largest absolute Gasteiger partial charge is 0.352 e. The molecule has 0 bridgehead atoms. The maximum Gasteiger partial charge on any atom is 0.242 e. The number of carbonyl (C=O) groups is 2. The van der Waals surface area contributed by atoms with Gasteiger partial charge in [0, 0.05) is 12.6 Å². The van der Waals surface area contributed by atoms with Crippen LogP contribution >= 0.6 is 0 Å². The lowest BCUT2D eigenvalue weighted by Crippen LogP contribution is -2.50. The number of hydrogen-bond acceptors (Lipinski definition) is 2. The molecule has 0 spiro atoms. The Morgan fingerprint density at radius 3 is 2.28 bits per heavy atom. The number of nitrogens with zero attached hydrogens (tertiary/aromatic N) is 1. The zero-order valence-corrected chi connectivity index (χ0v) is 17.6. The molecule has 0 saturated heterocycles. The van der Waals surface area contributed by atoms with Crippen LogP contribution in [0.15, 0.2) is 54.6 Å². The smallest absolute Gasteiger partial charge is 0.242 e. The zero-order valence-electron chi connectivity index (χ0n) is 17.6. The highest BCUT2D eigenvalue weighted by molar-refractivity contribution is 5.88. The summed E-state index contributed by atoms with van der Waals surface area (Å²) >= 11 is 0. The number of hydrogen-bond donors (Lipinski definition) is 1. The number of nitrogens with one attached hydrogen (secondary N) is 1. The van der Waals surface area contributed by atoms with Crippen LogP contribution in [0.4, 0.5) is 0 Å². The van der Waals surface area contributed by atoms with Gasteiger partial charge in [-0.05, 0) is 37.8 Å². The average molecular weight is 393 g/mol. The molecule has 4 heteroatoms. The Morgan fingerprint density at radius 1 is 0.966 bits per heavy atom. The second kappa shape index (κ2) is 10.2.